The first-order valence-electron chi connectivity index (χ1n) is 10.4. The molecule has 8 heteroatoms. The van der Waals surface area contributed by atoms with Gasteiger partial charge in [0.1, 0.15) is 11.6 Å². The zero-order valence-corrected chi connectivity index (χ0v) is 17.3. The summed E-state index contributed by atoms with van der Waals surface area (Å²) >= 11 is 0. The van der Waals surface area contributed by atoms with Crippen LogP contribution in [0, 0.1) is 11.8 Å². The van der Waals surface area contributed by atoms with E-state index in [0.29, 0.717) is 32.2 Å². The molecule has 3 aliphatic heterocycles. The third-order valence-electron chi connectivity index (χ3n) is 6.54. The molecule has 1 spiro atoms. The van der Waals surface area contributed by atoms with E-state index in [4.69, 9.17) is 9.84 Å². The van der Waals surface area contributed by atoms with Crippen LogP contribution in [-0.4, -0.2) is 71.2 Å². The molecule has 0 aromatic heterocycles. The molecule has 0 aromatic carbocycles. The summed E-state index contributed by atoms with van der Waals surface area (Å²) in [7, 11) is 1.57. The quantitative estimate of drug-likeness (QED) is 0.508. The van der Waals surface area contributed by atoms with Crippen LogP contribution in [0.15, 0.2) is 0 Å². The van der Waals surface area contributed by atoms with Crippen molar-refractivity contribution in [1.29, 1.82) is 0 Å². The fourth-order valence-corrected chi connectivity index (χ4v) is 5.46. The van der Waals surface area contributed by atoms with E-state index in [1.807, 2.05) is 20.8 Å². The minimum absolute atomic E-state index is 0.0572. The SMILES string of the molecule is CNC(=O)[C@@H]1[C@H]2C(=O)N(CCCCCO)C(C(=O)NC(C)C)C23CC[C@@]1(C)O3. The van der Waals surface area contributed by atoms with Gasteiger partial charge in [0.05, 0.1) is 17.4 Å². The molecular formula is C20H33N3O5. The monoisotopic (exact) mass is 395 g/mol. The summed E-state index contributed by atoms with van der Waals surface area (Å²) in [6, 6.07) is -0.781. The number of rotatable bonds is 8. The van der Waals surface area contributed by atoms with Crippen LogP contribution in [0.25, 0.3) is 0 Å². The number of likely N-dealkylation sites (tertiary alicyclic amines) is 1. The molecule has 3 amide bonds. The summed E-state index contributed by atoms with van der Waals surface area (Å²) in [6.45, 7) is 6.19. The van der Waals surface area contributed by atoms with Gasteiger partial charge in [-0.1, -0.05) is 0 Å². The molecule has 5 atom stereocenters. The van der Waals surface area contributed by atoms with Crippen LogP contribution in [0.2, 0.25) is 0 Å². The van der Waals surface area contributed by atoms with Crippen molar-refractivity contribution in [3.8, 4) is 0 Å². The Morgan fingerprint density at radius 1 is 1.25 bits per heavy atom. The number of ether oxygens (including phenoxy) is 1. The third kappa shape index (κ3) is 3.10. The molecule has 3 N–H and O–H groups in total. The number of hydrogen-bond acceptors (Lipinski definition) is 5. The van der Waals surface area contributed by atoms with Crippen LogP contribution >= 0.6 is 0 Å². The predicted octanol–water partition coefficient (Wildman–Crippen LogP) is 0.184. The second-order valence-corrected chi connectivity index (χ2v) is 8.82. The van der Waals surface area contributed by atoms with Gasteiger partial charge in [0, 0.05) is 26.2 Å². The van der Waals surface area contributed by atoms with Gasteiger partial charge in [-0.05, 0) is 52.9 Å². The van der Waals surface area contributed by atoms with Crippen molar-refractivity contribution < 1.29 is 24.2 Å². The molecule has 3 saturated heterocycles. The first kappa shape index (κ1) is 21.0. The van der Waals surface area contributed by atoms with Crippen LogP contribution in [0.3, 0.4) is 0 Å². The van der Waals surface area contributed by atoms with E-state index in [1.54, 1.807) is 11.9 Å². The number of fused-ring (bicyclic) bond motifs is 1. The summed E-state index contributed by atoms with van der Waals surface area (Å²) < 4.78 is 6.43. The lowest BCUT2D eigenvalue weighted by Crippen LogP contribution is -2.56. The van der Waals surface area contributed by atoms with Gasteiger partial charge >= 0.3 is 0 Å². The van der Waals surface area contributed by atoms with Gasteiger partial charge in [0.15, 0.2) is 0 Å². The highest BCUT2D eigenvalue weighted by Crippen LogP contribution is 2.63. The number of amides is 3. The molecule has 3 rings (SSSR count). The Labute approximate surface area is 166 Å². The molecule has 0 aromatic rings. The van der Waals surface area contributed by atoms with Crippen molar-refractivity contribution in [2.75, 3.05) is 20.2 Å². The maximum Gasteiger partial charge on any atom is 0.246 e. The number of aliphatic hydroxyl groups excluding tert-OH is 1. The maximum atomic E-state index is 13.4. The summed E-state index contributed by atoms with van der Waals surface area (Å²) in [4.78, 5) is 40.9. The molecule has 158 valence electrons. The smallest absolute Gasteiger partial charge is 0.246 e. The van der Waals surface area contributed by atoms with E-state index >= 15 is 0 Å². The highest BCUT2D eigenvalue weighted by Gasteiger charge is 2.77. The van der Waals surface area contributed by atoms with Gasteiger partial charge < -0.3 is 25.4 Å². The number of unbranched alkanes of at least 4 members (excludes halogenated alkanes) is 2. The summed E-state index contributed by atoms with van der Waals surface area (Å²) in [5, 5.41) is 14.6. The zero-order chi connectivity index (χ0) is 20.7. The average Bonchev–Trinajstić information content (AvgIpc) is 3.19. The van der Waals surface area contributed by atoms with Gasteiger partial charge in [-0.25, -0.2) is 0 Å². The number of aliphatic hydroxyl groups is 1. The van der Waals surface area contributed by atoms with Crippen molar-refractivity contribution in [3.63, 3.8) is 0 Å². The Hall–Kier alpha value is -1.67. The number of carbonyl (C=O) groups is 3. The second kappa shape index (κ2) is 7.63. The lowest BCUT2D eigenvalue weighted by Gasteiger charge is -2.34. The Morgan fingerprint density at radius 2 is 1.96 bits per heavy atom. The molecule has 3 fully saturated rings. The Morgan fingerprint density at radius 3 is 2.57 bits per heavy atom. The molecule has 0 aliphatic carbocycles. The van der Waals surface area contributed by atoms with Gasteiger partial charge in [0.2, 0.25) is 17.7 Å². The largest absolute Gasteiger partial charge is 0.396 e. The van der Waals surface area contributed by atoms with Crippen LogP contribution in [0.4, 0.5) is 0 Å². The minimum Gasteiger partial charge on any atom is -0.396 e. The maximum absolute atomic E-state index is 13.4. The summed E-state index contributed by atoms with van der Waals surface area (Å²) in [5.74, 6) is -1.80. The van der Waals surface area contributed by atoms with Crippen molar-refractivity contribution >= 4 is 17.7 Å². The number of nitrogens with one attached hydrogen (secondary N) is 2. The number of carbonyl (C=O) groups excluding carboxylic acids is 3. The van der Waals surface area contributed by atoms with E-state index in [1.165, 1.54) is 0 Å². The second-order valence-electron chi connectivity index (χ2n) is 8.82. The first-order valence-corrected chi connectivity index (χ1v) is 10.4. The Balaban J connectivity index is 1.95. The number of hydrogen-bond donors (Lipinski definition) is 3. The molecule has 28 heavy (non-hydrogen) atoms. The molecule has 3 heterocycles. The van der Waals surface area contributed by atoms with E-state index in [2.05, 4.69) is 10.6 Å². The number of nitrogens with zero attached hydrogens (tertiary/aromatic N) is 1. The molecule has 0 radical (unpaired) electrons. The van der Waals surface area contributed by atoms with E-state index in [-0.39, 0.29) is 30.4 Å². The molecular weight excluding hydrogens is 362 g/mol. The highest BCUT2D eigenvalue weighted by atomic mass is 16.5. The van der Waals surface area contributed by atoms with Crippen molar-refractivity contribution in [1.82, 2.24) is 15.5 Å². The first-order chi connectivity index (χ1) is 13.2. The average molecular weight is 396 g/mol. The van der Waals surface area contributed by atoms with Crippen LogP contribution in [-0.2, 0) is 19.1 Å². The Bertz CT molecular complexity index is 654. The van der Waals surface area contributed by atoms with E-state index in [9.17, 15) is 14.4 Å². The summed E-state index contributed by atoms with van der Waals surface area (Å²) in [5.41, 5.74) is -1.67. The van der Waals surface area contributed by atoms with Crippen LogP contribution in [0.1, 0.15) is 52.9 Å². The van der Waals surface area contributed by atoms with E-state index < -0.39 is 29.1 Å². The summed E-state index contributed by atoms with van der Waals surface area (Å²) in [6.07, 6.45) is 3.38. The molecule has 2 unspecified atom stereocenters. The van der Waals surface area contributed by atoms with Gasteiger partial charge in [-0.15, -0.1) is 0 Å². The highest BCUT2D eigenvalue weighted by molar-refractivity contribution is 5.99. The van der Waals surface area contributed by atoms with Crippen LogP contribution in [0.5, 0.6) is 0 Å². The van der Waals surface area contributed by atoms with Crippen molar-refractivity contribution in [2.45, 2.75) is 76.2 Å². The normalized spacial score (nSPS) is 36.1. The van der Waals surface area contributed by atoms with E-state index in [0.717, 1.165) is 6.42 Å². The lowest BCUT2D eigenvalue weighted by atomic mass is 9.66. The third-order valence-corrected chi connectivity index (χ3v) is 6.54. The fraction of sp³-hybridized carbons (Fsp3) is 0.850. The Kier molecular flexibility index (Phi) is 5.74. The van der Waals surface area contributed by atoms with Gasteiger partial charge in [-0.3, -0.25) is 14.4 Å². The zero-order valence-electron chi connectivity index (χ0n) is 17.3. The van der Waals surface area contributed by atoms with Crippen molar-refractivity contribution in [3.05, 3.63) is 0 Å². The van der Waals surface area contributed by atoms with Gasteiger partial charge in [-0.2, -0.15) is 0 Å². The van der Waals surface area contributed by atoms with Gasteiger partial charge in [0.25, 0.3) is 0 Å². The fourth-order valence-electron chi connectivity index (χ4n) is 5.46. The lowest BCUT2D eigenvalue weighted by molar-refractivity contribution is -0.146. The molecule has 3 aliphatic rings. The molecule has 2 bridgehead atoms. The standard InChI is InChI=1S/C20H33N3O5/c1-12(2)22-17(26)15-20-9-8-19(3,28-20)13(16(25)21-4)14(20)18(27)23(15)10-6-5-7-11-24/h12-15,24H,5-11H2,1-4H3,(H,21,25)(H,22,26)/t13-,14-,15?,19+,20?/m0/s1. The molecule has 0 saturated carbocycles. The van der Waals surface area contributed by atoms with Crippen LogP contribution < -0.4 is 10.6 Å². The molecule has 8 nitrogen and oxygen atoms in total. The minimum atomic E-state index is -0.945. The van der Waals surface area contributed by atoms with Crippen molar-refractivity contribution in [2.24, 2.45) is 11.8 Å². The predicted molar refractivity (Wildman–Crippen MR) is 102 cm³/mol. The topological polar surface area (TPSA) is 108 Å².